The molecule has 0 unspecified atom stereocenters. The van der Waals surface area contributed by atoms with Crippen molar-refractivity contribution in [1.29, 1.82) is 0 Å². The van der Waals surface area contributed by atoms with Crippen LogP contribution in [0.5, 0.6) is 5.75 Å². The van der Waals surface area contributed by atoms with Crippen molar-refractivity contribution >= 4 is 17.8 Å². The average molecular weight is 417 g/mol. The molecule has 1 aromatic carbocycles. The quantitative estimate of drug-likeness (QED) is 0.721. The van der Waals surface area contributed by atoms with Gasteiger partial charge in [0.2, 0.25) is 5.91 Å². The van der Waals surface area contributed by atoms with Gasteiger partial charge in [0.1, 0.15) is 17.9 Å². The van der Waals surface area contributed by atoms with Crippen molar-refractivity contribution in [2.24, 2.45) is 0 Å². The normalized spacial score (nSPS) is 21.0. The van der Waals surface area contributed by atoms with Crippen molar-refractivity contribution < 1.29 is 23.9 Å². The van der Waals surface area contributed by atoms with Crippen molar-refractivity contribution in [3.05, 3.63) is 29.3 Å². The Bertz CT molecular complexity index is 768. The summed E-state index contributed by atoms with van der Waals surface area (Å²) in [6.45, 7) is 6.23. The van der Waals surface area contributed by atoms with E-state index >= 15 is 0 Å². The van der Waals surface area contributed by atoms with E-state index in [0.29, 0.717) is 18.8 Å². The van der Waals surface area contributed by atoms with E-state index < -0.39 is 18.1 Å². The van der Waals surface area contributed by atoms with E-state index in [0.717, 1.165) is 36.8 Å². The first kappa shape index (κ1) is 22.1. The molecule has 7 nitrogen and oxygen atoms in total. The lowest BCUT2D eigenvalue weighted by Crippen LogP contribution is -2.60. The van der Waals surface area contributed by atoms with E-state index in [1.807, 2.05) is 32.0 Å². The number of nitrogens with one attached hydrogen (secondary N) is 1. The molecule has 1 N–H and O–H groups in total. The number of hydrogen-bond acceptors (Lipinski definition) is 5. The second-order valence-corrected chi connectivity index (χ2v) is 8.27. The molecule has 0 bridgehead atoms. The molecular weight excluding hydrogens is 384 g/mol. The highest BCUT2D eigenvalue weighted by molar-refractivity contribution is 5.93. The van der Waals surface area contributed by atoms with E-state index in [9.17, 15) is 14.4 Å². The molecule has 0 radical (unpaired) electrons. The molecule has 2 amide bonds. The van der Waals surface area contributed by atoms with E-state index in [-0.39, 0.29) is 24.3 Å². The molecule has 1 aromatic rings. The number of piperazine rings is 1. The van der Waals surface area contributed by atoms with Crippen LogP contribution in [0.3, 0.4) is 0 Å². The van der Waals surface area contributed by atoms with Gasteiger partial charge in [-0.05, 0) is 57.6 Å². The lowest BCUT2D eigenvalue weighted by Gasteiger charge is -2.36. The van der Waals surface area contributed by atoms with Crippen LogP contribution in [0.4, 0.5) is 0 Å². The fraction of sp³-hybridized carbons (Fsp3) is 0.609. The predicted molar refractivity (Wildman–Crippen MR) is 112 cm³/mol. The van der Waals surface area contributed by atoms with E-state index in [1.54, 1.807) is 6.92 Å². The minimum atomic E-state index is -0.869. The molecule has 164 valence electrons. The van der Waals surface area contributed by atoms with Crippen LogP contribution in [-0.2, 0) is 19.1 Å². The maximum atomic E-state index is 13.1. The molecule has 0 aromatic heterocycles. The molecule has 2 fully saturated rings. The number of esters is 1. The van der Waals surface area contributed by atoms with E-state index in [4.69, 9.17) is 9.47 Å². The van der Waals surface area contributed by atoms with Crippen LogP contribution >= 0.6 is 0 Å². The lowest BCUT2D eigenvalue weighted by atomic mass is 9.98. The molecule has 1 heterocycles. The highest BCUT2D eigenvalue weighted by Gasteiger charge is 2.38. The summed E-state index contributed by atoms with van der Waals surface area (Å²) in [5.41, 5.74) is 1.89. The largest absolute Gasteiger partial charge is 0.480 e. The standard InChI is InChI=1S/C23H32N2O5/c1-15-8-7-9-16(2)21(15)29-17(3)23(28)25-13-12-24-22(27)19(25)14-20(26)30-18-10-5-4-6-11-18/h7-9,17-19H,4-6,10-14H2,1-3H3,(H,24,27)/t17-,19+/m0/s1. The smallest absolute Gasteiger partial charge is 0.308 e. The third-order valence-corrected chi connectivity index (χ3v) is 5.88. The number of carbonyl (C=O) groups is 3. The molecule has 1 aliphatic carbocycles. The second kappa shape index (κ2) is 9.96. The van der Waals surface area contributed by atoms with E-state index in [1.165, 1.54) is 11.3 Å². The van der Waals surface area contributed by atoms with Crippen LogP contribution in [0.25, 0.3) is 0 Å². The summed E-state index contributed by atoms with van der Waals surface area (Å²) in [4.78, 5) is 39.5. The Morgan fingerprint density at radius 3 is 2.50 bits per heavy atom. The molecule has 30 heavy (non-hydrogen) atoms. The Labute approximate surface area is 178 Å². The third-order valence-electron chi connectivity index (χ3n) is 5.88. The predicted octanol–water partition coefficient (Wildman–Crippen LogP) is 2.66. The highest BCUT2D eigenvalue weighted by atomic mass is 16.5. The van der Waals surface area contributed by atoms with Gasteiger partial charge in [-0.1, -0.05) is 24.6 Å². The number of rotatable bonds is 6. The number of para-hydroxylation sites is 1. The van der Waals surface area contributed by atoms with Crippen LogP contribution in [0.15, 0.2) is 18.2 Å². The van der Waals surface area contributed by atoms with Crippen LogP contribution in [0.2, 0.25) is 0 Å². The zero-order valence-corrected chi connectivity index (χ0v) is 18.1. The van der Waals surface area contributed by atoms with Gasteiger partial charge < -0.3 is 19.7 Å². The average Bonchev–Trinajstić information content (AvgIpc) is 2.72. The van der Waals surface area contributed by atoms with Gasteiger partial charge in [-0.3, -0.25) is 14.4 Å². The SMILES string of the molecule is Cc1cccc(C)c1O[C@@H](C)C(=O)N1CCNC(=O)[C@H]1CC(=O)OC1CCCCC1. The van der Waals surface area contributed by atoms with Crippen molar-refractivity contribution in [1.82, 2.24) is 10.2 Å². The summed E-state index contributed by atoms with van der Waals surface area (Å²) < 4.78 is 11.5. The highest BCUT2D eigenvalue weighted by Crippen LogP contribution is 2.25. The van der Waals surface area contributed by atoms with Gasteiger partial charge in [0.25, 0.3) is 5.91 Å². The van der Waals surface area contributed by atoms with Crippen molar-refractivity contribution in [2.75, 3.05) is 13.1 Å². The van der Waals surface area contributed by atoms with Gasteiger partial charge in [-0.15, -0.1) is 0 Å². The van der Waals surface area contributed by atoms with E-state index in [2.05, 4.69) is 5.32 Å². The van der Waals surface area contributed by atoms with Crippen LogP contribution < -0.4 is 10.1 Å². The van der Waals surface area contributed by atoms with Crippen molar-refractivity contribution in [3.8, 4) is 5.75 Å². The Morgan fingerprint density at radius 2 is 1.83 bits per heavy atom. The zero-order chi connectivity index (χ0) is 21.7. The van der Waals surface area contributed by atoms with Crippen LogP contribution in [0.1, 0.15) is 56.6 Å². The minimum absolute atomic E-state index is 0.0756. The van der Waals surface area contributed by atoms with Gasteiger partial charge in [0.05, 0.1) is 6.42 Å². The van der Waals surface area contributed by atoms with Gasteiger partial charge in [-0.25, -0.2) is 0 Å². The zero-order valence-electron chi connectivity index (χ0n) is 18.1. The van der Waals surface area contributed by atoms with Crippen molar-refractivity contribution in [3.63, 3.8) is 0 Å². The summed E-state index contributed by atoms with van der Waals surface area (Å²) in [6, 6.07) is 4.93. The fourth-order valence-corrected chi connectivity index (χ4v) is 4.20. The maximum Gasteiger partial charge on any atom is 0.308 e. The topological polar surface area (TPSA) is 84.9 Å². The van der Waals surface area contributed by atoms with Crippen LogP contribution in [0, 0.1) is 13.8 Å². The number of hydrogen-bond donors (Lipinski definition) is 1. The van der Waals surface area contributed by atoms with Crippen molar-refractivity contribution in [2.45, 2.75) is 77.5 Å². The fourth-order valence-electron chi connectivity index (χ4n) is 4.20. The summed E-state index contributed by atoms with van der Waals surface area (Å²) in [5.74, 6) is -0.379. The molecule has 0 spiro atoms. The minimum Gasteiger partial charge on any atom is -0.480 e. The first-order valence-electron chi connectivity index (χ1n) is 10.9. The first-order chi connectivity index (χ1) is 14.4. The Morgan fingerprint density at radius 1 is 1.17 bits per heavy atom. The number of ether oxygens (including phenoxy) is 2. The first-order valence-corrected chi connectivity index (χ1v) is 10.9. The second-order valence-electron chi connectivity index (χ2n) is 8.27. The van der Waals surface area contributed by atoms with Gasteiger partial charge in [0.15, 0.2) is 6.10 Å². The van der Waals surface area contributed by atoms with Gasteiger partial charge >= 0.3 is 5.97 Å². The molecule has 1 saturated heterocycles. The van der Waals surface area contributed by atoms with Gasteiger partial charge in [-0.2, -0.15) is 0 Å². The number of amides is 2. The molecule has 1 saturated carbocycles. The monoisotopic (exact) mass is 416 g/mol. The third kappa shape index (κ3) is 5.32. The summed E-state index contributed by atoms with van der Waals surface area (Å²) in [7, 11) is 0. The number of nitrogens with zero attached hydrogens (tertiary/aromatic N) is 1. The Kier molecular flexibility index (Phi) is 7.34. The number of aryl methyl sites for hydroxylation is 2. The molecule has 2 atom stereocenters. The molecule has 3 rings (SSSR count). The summed E-state index contributed by atoms with van der Waals surface area (Å²) in [6.07, 6.45) is 4.03. The molecular formula is C23H32N2O5. The number of benzene rings is 1. The summed E-state index contributed by atoms with van der Waals surface area (Å²) in [5, 5.41) is 2.75. The van der Waals surface area contributed by atoms with Gasteiger partial charge in [0, 0.05) is 13.1 Å². The molecule has 2 aliphatic rings. The number of carbonyl (C=O) groups excluding carboxylic acids is 3. The molecule has 1 aliphatic heterocycles. The Balaban J connectivity index is 1.66. The van der Waals surface area contributed by atoms with Crippen LogP contribution in [-0.4, -0.2) is 54.0 Å². The molecule has 7 heteroatoms. The maximum absolute atomic E-state index is 13.1. The lowest BCUT2D eigenvalue weighted by molar-refractivity contribution is -0.157. The Hall–Kier alpha value is -2.57. The summed E-state index contributed by atoms with van der Waals surface area (Å²) >= 11 is 0.